The number of carbonyl (C=O) groups excluding carboxylic acids is 2. The van der Waals surface area contributed by atoms with E-state index in [9.17, 15) is 9.59 Å². The second kappa shape index (κ2) is 12.1. The lowest BCUT2D eigenvalue weighted by Gasteiger charge is -2.35. The molecule has 2 fully saturated rings. The van der Waals surface area contributed by atoms with Crippen molar-refractivity contribution in [2.45, 2.75) is 77.3 Å². The third-order valence-electron chi connectivity index (χ3n) is 7.89. The molecule has 7 heteroatoms. The van der Waals surface area contributed by atoms with E-state index in [0.717, 1.165) is 61.8 Å². The minimum atomic E-state index is -0.457. The molecule has 4 rings (SSSR count). The summed E-state index contributed by atoms with van der Waals surface area (Å²) in [5.74, 6) is 0.836. The summed E-state index contributed by atoms with van der Waals surface area (Å²) < 4.78 is 5.54. The highest BCUT2D eigenvalue weighted by Gasteiger charge is 2.39. The monoisotopic (exact) mass is 511 g/mol. The number of ether oxygens (including phenoxy) is 1. The third-order valence-corrected chi connectivity index (χ3v) is 8.12. The van der Waals surface area contributed by atoms with Crippen molar-refractivity contribution in [1.82, 2.24) is 15.2 Å². The highest BCUT2D eigenvalue weighted by Crippen LogP contribution is 2.38. The van der Waals surface area contributed by atoms with E-state index in [4.69, 9.17) is 16.3 Å². The van der Waals surface area contributed by atoms with E-state index in [-0.39, 0.29) is 29.7 Å². The Morgan fingerprint density at radius 2 is 1.92 bits per heavy atom. The second-order valence-electron chi connectivity index (χ2n) is 10.2. The molecular formula is C29H38ClN3O3. The molecule has 1 aromatic carbocycles. The third kappa shape index (κ3) is 5.86. The van der Waals surface area contributed by atoms with Gasteiger partial charge in [-0.3, -0.25) is 14.6 Å². The van der Waals surface area contributed by atoms with Gasteiger partial charge in [0.25, 0.3) is 0 Å². The van der Waals surface area contributed by atoms with Crippen molar-refractivity contribution >= 4 is 23.4 Å². The first-order valence-corrected chi connectivity index (χ1v) is 13.7. The van der Waals surface area contributed by atoms with Gasteiger partial charge in [0.05, 0.1) is 18.8 Å². The van der Waals surface area contributed by atoms with Crippen LogP contribution in [0.2, 0.25) is 5.02 Å². The largest absolute Gasteiger partial charge is 0.496 e. The molecule has 0 radical (unpaired) electrons. The van der Waals surface area contributed by atoms with Crippen LogP contribution in [0.15, 0.2) is 36.5 Å². The lowest BCUT2D eigenvalue weighted by atomic mass is 9.83. The minimum absolute atomic E-state index is 0.0172. The Labute approximate surface area is 219 Å². The van der Waals surface area contributed by atoms with Gasteiger partial charge in [-0.1, -0.05) is 44.7 Å². The lowest BCUT2D eigenvalue weighted by Crippen LogP contribution is -2.53. The number of halogens is 1. The number of nitrogens with zero attached hydrogens (tertiary/aromatic N) is 2. The van der Waals surface area contributed by atoms with Gasteiger partial charge in [-0.05, 0) is 73.9 Å². The molecule has 2 amide bonds. The lowest BCUT2D eigenvalue weighted by molar-refractivity contribution is -0.140. The van der Waals surface area contributed by atoms with Gasteiger partial charge in [-0.25, -0.2) is 0 Å². The van der Waals surface area contributed by atoms with Crippen molar-refractivity contribution < 1.29 is 14.3 Å². The number of amides is 2. The molecule has 36 heavy (non-hydrogen) atoms. The van der Waals surface area contributed by atoms with Crippen LogP contribution in [0.3, 0.4) is 0 Å². The average molecular weight is 512 g/mol. The van der Waals surface area contributed by atoms with Crippen molar-refractivity contribution in [3.8, 4) is 17.0 Å². The fourth-order valence-corrected chi connectivity index (χ4v) is 5.74. The van der Waals surface area contributed by atoms with Crippen LogP contribution in [0.5, 0.6) is 5.75 Å². The molecular weight excluding hydrogens is 474 g/mol. The number of rotatable bonds is 8. The summed E-state index contributed by atoms with van der Waals surface area (Å²) in [5, 5.41) is 3.78. The zero-order valence-electron chi connectivity index (χ0n) is 21.6. The van der Waals surface area contributed by atoms with Crippen molar-refractivity contribution in [3.63, 3.8) is 0 Å². The molecule has 1 saturated carbocycles. The van der Waals surface area contributed by atoms with E-state index in [1.54, 1.807) is 19.4 Å². The Hall–Kier alpha value is -2.60. The van der Waals surface area contributed by atoms with Gasteiger partial charge in [-0.15, -0.1) is 0 Å². The first kappa shape index (κ1) is 26.5. The molecule has 1 N–H and O–H groups in total. The molecule has 0 spiro atoms. The summed E-state index contributed by atoms with van der Waals surface area (Å²) >= 11 is 6.27. The number of hydrogen-bond acceptors (Lipinski definition) is 4. The SMILES string of the molecule is CCC(C)C(=O)NC(C(=O)N1CCCC1c1ccnc(-c2cc(Cl)ccc2OC)c1)C1CCCCC1. The smallest absolute Gasteiger partial charge is 0.245 e. The molecule has 2 aliphatic rings. The summed E-state index contributed by atoms with van der Waals surface area (Å²) in [7, 11) is 1.63. The minimum Gasteiger partial charge on any atom is -0.496 e. The number of hydrogen-bond donors (Lipinski definition) is 1. The van der Waals surface area contributed by atoms with E-state index in [1.165, 1.54) is 6.42 Å². The van der Waals surface area contributed by atoms with Crippen LogP contribution in [0, 0.1) is 11.8 Å². The number of nitrogens with one attached hydrogen (secondary N) is 1. The summed E-state index contributed by atoms with van der Waals surface area (Å²) in [6.45, 7) is 4.64. The maximum absolute atomic E-state index is 14.0. The number of benzene rings is 1. The normalized spacial score (nSPS) is 20.1. The van der Waals surface area contributed by atoms with Crippen LogP contribution in [-0.2, 0) is 9.59 Å². The van der Waals surface area contributed by atoms with Crippen molar-refractivity contribution in [2.24, 2.45) is 11.8 Å². The van der Waals surface area contributed by atoms with Crippen molar-refractivity contribution in [2.75, 3.05) is 13.7 Å². The molecule has 1 saturated heterocycles. The summed E-state index contributed by atoms with van der Waals surface area (Å²) in [6, 6.07) is 9.02. The quantitative estimate of drug-likeness (QED) is 0.459. The molecule has 0 bridgehead atoms. The predicted molar refractivity (Wildman–Crippen MR) is 143 cm³/mol. The number of likely N-dealkylation sites (tertiary alicyclic amines) is 1. The standard InChI is InChI=1S/C29H38ClN3O3/c1-4-19(2)28(34)32-27(20-9-6-5-7-10-20)29(35)33-16-8-11-25(33)21-14-15-31-24(17-21)23-18-22(30)12-13-26(23)36-3/h12-15,17-20,25,27H,4-11,16H2,1-3H3,(H,32,34). The topological polar surface area (TPSA) is 71.5 Å². The molecule has 3 atom stereocenters. The fraction of sp³-hybridized carbons (Fsp3) is 0.552. The number of methoxy groups -OCH3 is 1. The molecule has 3 unspecified atom stereocenters. The highest BCUT2D eigenvalue weighted by molar-refractivity contribution is 6.31. The number of carbonyl (C=O) groups is 2. The van der Waals surface area contributed by atoms with Crippen molar-refractivity contribution in [1.29, 1.82) is 0 Å². The van der Waals surface area contributed by atoms with Crippen LogP contribution in [0.4, 0.5) is 0 Å². The van der Waals surface area contributed by atoms with Gasteiger partial charge in [0.2, 0.25) is 11.8 Å². The van der Waals surface area contributed by atoms with E-state index < -0.39 is 6.04 Å². The van der Waals surface area contributed by atoms with E-state index in [1.807, 2.05) is 43.0 Å². The zero-order valence-corrected chi connectivity index (χ0v) is 22.4. The van der Waals surface area contributed by atoms with Gasteiger partial charge >= 0.3 is 0 Å². The fourth-order valence-electron chi connectivity index (χ4n) is 5.57. The van der Waals surface area contributed by atoms with E-state index in [2.05, 4.69) is 10.3 Å². The molecule has 1 aliphatic carbocycles. The van der Waals surface area contributed by atoms with Gasteiger partial charge < -0.3 is 15.0 Å². The Bertz CT molecular complexity index is 1070. The van der Waals surface area contributed by atoms with Crippen LogP contribution < -0.4 is 10.1 Å². The highest BCUT2D eigenvalue weighted by atomic mass is 35.5. The van der Waals surface area contributed by atoms with E-state index in [0.29, 0.717) is 17.3 Å². The first-order chi connectivity index (χ1) is 17.4. The number of aromatic nitrogens is 1. The Balaban J connectivity index is 1.61. The molecule has 194 valence electrons. The van der Waals surface area contributed by atoms with Crippen LogP contribution >= 0.6 is 11.6 Å². The zero-order chi connectivity index (χ0) is 25.7. The van der Waals surface area contributed by atoms with Crippen LogP contribution in [-0.4, -0.2) is 41.4 Å². The molecule has 6 nitrogen and oxygen atoms in total. The van der Waals surface area contributed by atoms with Crippen LogP contribution in [0.25, 0.3) is 11.3 Å². The van der Waals surface area contributed by atoms with Gasteiger partial charge in [-0.2, -0.15) is 0 Å². The van der Waals surface area contributed by atoms with Gasteiger partial charge in [0, 0.05) is 29.2 Å². The Kier molecular flexibility index (Phi) is 8.89. The van der Waals surface area contributed by atoms with Gasteiger partial charge in [0.1, 0.15) is 11.8 Å². The number of pyridine rings is 1. The Morgan fingerprint density at radius 1 is 1.14 bits per heavy atom. The van der Waals surface area contributed by atoms with E-state index >= 15 is 0 Å². The maximum Gasteiger partial charge on any atom is 0.245 e. The second-order valence-corrected chi connectivity index (χ2v) is 10.6. The molecule has 1 aromatic heterocycles. The van der Waals surface area contributed by atoms with Gasteiger partial charge in [0.15, 0.2) is 0 Å². The first-order valence-electron chi connectivity index (χ1n) is 13.3. The van der Waals surface area contributed by atoms with Crippen molar-refractivity contribution in [3.05, 3.63) is 47.1 Å². The maximum atomic E-state index is 14.0. The van der Waals surface area contributed by atoms with Crippen LogP contribution in [0.1, 0.15) is 76.8 Å². The summed E-state index contributed by atoms with van der Waals surface area (Å²) in [4.78, 5) is 33.5. The Morgan fingerprint density at radius 3 is 2.64 bits per heavy atom. The molecule has 1 aliphatic heterocycles. The summed E-state index contributed by atoms with van der Waals surface area (Å²) in [5.41, 5.74) is 2.63. The molecule has 2 heterocycles. The summed E-state index contributed by atoms with van der Waals surface area (Å²) in [6.07, 6.45) is 9.79. The average Bonchev–Trinajstić information content (AvgIpc) is 3.41. The predicted octanol–water partition coefficient (Wildman–Crippen LogP) is 6.19. The molecule has 2 aromatic rings.